The third-order valence-electron chi connectivity index (χ3n) is 4.85. The molecule has 0 bridgehead atoms. The fourth-order valence-corrected chi connectivity index (χ4v) is 3.18. The Bertz CT molecular complexity index is 518. The number of nitro groups is 1. The zero-order chi connectivity index (χ0) is 19.7. The molecule has 1 atom stereocenters. The number of hydrogen-bond acceptors (Lipinski definition) is 4. The van der Waals surface area contributed by atoms with Gasteiger partial charge in [-0.05, 0) is 18.6 Å². The summed E-state index contributed by atoms with van der Waals surface area (Å²) in [6.45, 7) is 2.23. The number of unbranched alkanes of at least 4 members (excludes halogenated alkanes) is 9. The van der Waals surface area contributed by atoms with Crippen molar-refractivity contribution in [1.82, 2.24) is 0 Å². The Morgan fingerprint density at radius 2 is 1.48 bits per heavy atom. The van der Waals surface area contributed by atoms with Crippen molar-refractivity contribution in [1.29, 1.82) is 0 Å². The first-order chi connectivity index (χ1) is 13.1. The minimum atomic E-state index is -0.651. The molecule has 1 unspecified atom stereocenters. The summed E-state index contributed by atoms with van der Waals surface area (Å²) in [7, 11) is 0. The number of esters is 1. The third kappa shape index (κ3) is 12.2. The molecule has 5 heteroatoms. The zero-order valence-corrected chi connectivity index (χ0v) is 16.7. The summed E-state index contributed by atoms with van der Waals surface area (Å²) in [5.41, 5.74) is 0. The highest BCUT2D eigenvalue weighted by Crippen LogP contribution is 2.16. The molecule has 1 aromatic carbocycles. The van der Waals surface area contributed by atoms with Gasteiger partial charge in [0.2, 0.25) is 6.04 Å². The van der Waals surface area contributed by atoms with E-state index in [9.17, 15) is 14.9 Å². The Balaban J connectivity index is 2.10. The highest BCUT2D eigenvalue weighted by molar-refractivity contribution is 5.72. The average molecular weight is 378 g/mol. The maximum Gasteiger partial charge on any atom is 0.311 e. The predicted octanol–water partition coefficient (Wildman–Crippen LogP) is 6.33. The van der Waals surface area contributed by atoms with Crippen LogP contribution in [0.2, 0.25) is 0 Å². The van der Waals surface area contributed by atoms with Gasteiger partial charge in [-0.2, -0.15) is 0 Å². The molecule has 1 rings (SSSR count). The summed E-state index contributed by atoms with van der Waals surface area (Å²) < 4.78 is 5.19. The molecular formula is C22H35NO4. The smallest absolute Gasteiger partial charge is 0.311 e. The number of benzene rings is 1. The van der Waals surface area contributed by atoms with E-state index >= 15 is 0 Å². The molecule has 0 aliphatic rings. The van der Waals surface area contributed by atoms with Crippen molar-refractivity contribution in [2.75, 3.05) is 0 Å². The topological polar surface area (TPSA) is 69.4 Å². The molecule has 5 nitrogen and oxygen atoms in total. The van der Waals surface area contributed by atoms with Gasteiger partial charge in [-0.3, -0.25) is 14.9 Å². The van der Waals surface area contributed by atoms with E-state index in [4.69, 9.17) is 4.74 Å². The molecule has 0 amide bonds. The lowest BCUT2D eigenvalue weighted by atomic mass is 10.0. The van der Waals surface area contributed by atoms with Crippen molar-refractivity contribution in [3.8, 4) is 5.75 Å². The molecule has 0 aliphatic carbocycles. The maximum absolute atomic E-state index is 11.8. The molecule has 0 N–H and O–H groups in total. The number of carbonyl (C=O) groups is 1. The van der Waals surface area contributed by atoms with Crippen molar-refractivity contribution in [2.45, 2.75) is 96.4 Å². The van der Waals surface area contributed by atoms with E-state index in [1.807, 2.05) is 6.07 Å². The van der Waals surface area contributed by atoms with Gasteiger partial charge < -0.3 is 4.74 Å². The highest BCUT2D eigenvalue weighted by atomic mass is 16.6. The number of ether oxygens (including phenoxy) is 1. The molecule has 0 heterocycles. The summed E-state index contributed by atoms with van der Waals surface area (Å²) in [5.74, 6) is 0.0750. The van der Waals surface area contributed by atoms with Gasteiger partial charge in [0.05, 0.1) is 6.42 Å². The Morgan fingerprint density at radius 3 is 2.04 bits per heavy atom. The summed E-state index contributed by atoms with van der Waals surface area (Å²) in [6, 6.07) is 8.16. The maximum atomic E-state index is 11.8. The quantitative estimate of drug-likeness (QED) is 0.111. The van der Waals surface area contributed by atoms with Crippen molar-refractivity contribution in [3.05, 3.63) is 40.4 Å². The Labute approximate surface area is 163 Å². The van der Waals surface area contributed by atoms with Crippen molar-refractivity contribution in [3.63, 3.8) is 0 Å². The van der Waals surface area contributed by atoms with Gasteiger partial charge in [-0.25, -0.2) is 0 Å². The van der Waals surface area contributed by atoms with Crippen LogP contribution in [-0.4, -0.2) is 16.9 Å². The highest BCUT2D eigenvalue weighted by Gasteiger charge is 2.21. The second-order valence-corrected chi connectivity index (χ2v) is 7.24. The van der Waals surface area contributed by atoms with Crippen LogP contribution in [0.1, 0.15) is 90.4 Å². The minimum absolute atomic E-state index is 0.0816. The normalized spacial score (nSPS) is 11.9. The number of rotatable bonds is 16. The molecule has 0 aromatic heterocycles. The lowest BCUT2D eigenvalue weighted by molar-refractivity contribution is -0.524. The van der Waals surface area contributed by atoms with E-state index in [-0.39, 0.29) is 17.8 Å². The predicted molar refractivity (Wildman–Crippen MR) is 109 cm³/mol. The van der Waals surface area contributed by atoms with Crippen LogP contribution in [-0.2, 0) is 4.79 Å². The zero-order valence-electron chi connectivity index (χ0n) is 16.7. The first-order valence-corrected chi connectivity index (χ1v) is 10.5. The van der Waals surface area contributed by atoms with Crippen LogP contribution in [0.5, 0.6) is 5.75 Å². The second-order valence-electron chi connectivity index (χ2n) is 7.24. The van der Waals surface area contributed by atoms with Gasteiger partial charge >= 0.3 is 5.97 Å². The van der Waals surface area contributed by atoms with Crippen LogP contribution in [0.15, 0.2) is 30.3 Å². The van der Waals surface area contributed by atoms with Gasteiger partial charge in [0, 0.05) is 17.8 Å². The monoisotopic (exact) mass is 377 g/mol. The van der Waals surface area contributed by atoms with Crippen LogP contribution >= 0.6 is 0 Å². The Kier molecular flexibility index (Phi) is 13.0. The standard InChI is InChI=1S/C22H35NO4/c1-2-3-4-5-6-7-8-9-10-12-15-20(23(25)26)18-19-22(24)27-21-16-13-11-14-17-21/h11,13-14,16-17,20H,2-10,12,15,18-19H2,1H3. The summed E-state index contributed by atoms with van der Waals surface area (Å²) in [6.07, 6.45) is 13.0. The van der Waals surface area contributed by atoms with Crippen LogP contribution in [0.25, 0.3) is 0 Å². The molecule has 0 fully saturated rings. The van der Waals surface area contributed by atoms with Crippen molar-refractivity contribution >= 4 is 5.97 Å². The molecule has 0 aliphatic heterocycles. The molecule has 152 valence electrons. The number of nitrogens with zero attached hydrogens (tertiary/aromatic N) is 1. The van der Waals surface area contributed by atoms with Gasteiger partial charge in [0.1, 0.15) is 5.75 Å². The molecule has 0 saturated carbocycles. The average Bonchev–Trinajstić information content (AvgIpc) is 2.66. The van der Waals surface area contributed by atoms with Crippen LogP contribution < -0.4 is 4.74 Å². The van der Waals surface area contributed by atoms with E-state index in [0.717, 1.165) is 19.3 Å². The fraction of sp³-hybridized carbons (Fsp3) is 0.682. The van der Waals surface area contributed by atoms with E-state index in [2.05, 4.69) is 6.92 Å². The Morgan fingerprint density at radius 1 is 0.926 bits per heavy atom. The molecule has 27 heavy (non-hydrogen) atoms. The SMILES string of the molecule is CCCCCCCCCCCCC(CCC(=O)Oc1ccccc1)[N+](=O)[O-]. The molecule has 1 aromatic rings. The minimum Gasteiger partial charge on any atom is -0.427 e. The third-order valence-corrected chi connectivity index (χ3v) is 4.85. The first kappa shape index (κ1) is 23.1. The first-order valence-electron chi connectivity index (χ1n) is 10.5. The second kappa shape index (κ2) is 15.2. The van der Waals surface area contributed by atoms with Crippen LogP contribution in [0, 0.1) is 10.1 Å². The number of hydrogen-bond donors (Lipinski definition) is 0. The fourth-order valence-electron chi connectivity index (χ4n) is 3.18. The summed E-state index contributed by atoms with van der Waals surface area (Å²) in [4.78, 5) is 22.8. The van der Waals surface area contributed by atoms with E-state index in [1.54, 1.807) is 24.3 Å². The lowest BCUT2D eigenvalue weighted by Crippen LogP contribution is -2.21. The van der Waals surface area contributed by atoms with Gasteiger partial charge in [-0.1, -0.05) is 82.9 Å². The van der Waals surface area contributed by atoms with E-state index < -0.39 is 12.0 Å². The van der Waals surface area contributed by atoms with Gasteiger partial charge in [0.15, 0.2) is 0 Å². The van der Waals surface area contributed by atoms with Gasteiger partial charge in [-0.15, -0.1) is 0 Å². The summed E-state index contributed by atoms with van der Waals surface area (Å²) in [5, 5.41) is 11.2. The Hall–Kier alpha value is -1.91. The molecular weight excluding hydrogens is 342 g/mol. The largest absolute Gasteiger partial charge is 0.427 e. The van der Waals surface area contributed by atoms with Crippen molar-refractivity contribution in [2.24, 2.45) is 0 Å². The van der Waals surface area contributed by atoms with Crippen LogP contribution in [0.3, 0.4) is 0 Å². The van der Waals surface area contributed by atoms with Crippen molar-refractivity contribution < 1.29 is 14.5 Å². The summed E-state index contributed by atoms with van der Waals surface area (Å²) >= 11 is 0. The van der Waals surface area contributed by atoms with Crippen LogP contribution in [0.4, 0.5) is 0 Å². The molecule has 0 saturated heterocycles. The molecule has 0 radical (unpaired) electrons. The lowest BCUT2D eigenvalue weighted by Gasteiger charge is -2.09. The molecule has 0 spiro atoms. The number of para-hydroxylation sites is 1. The van der Waals surface area contributed by atoms with E-state index in [1.165, 1.54) is 44.9 Å². The number of carbonyl (C=O) groups excluding carboxylic acids is 1. The van der Waals surface area contributed by atoms with Gasteiger partial charge in [0.25, 0.3) is 0 Å². The van der Waals surface area contributed by atoms with E-state index in [0.29, 0.717) is 12.2 Å².